The summed E-state index contributed by atoms with van der Waals surface area (Å²) >= 11 is 1.31. The van der Waals surface area contributed by atoms with Crippen LogP contribution in [0.3, 0.4) is 0 Å². The largest absolute Gasteiger partial charge is 0.467 e. The highest BCUT2D eigenvalue weighted by atomic mass is 32.1. The Balaban J connectivity index is 1.22. The molecule has 3 amide bonds. The predicted molar refractivity (Wildman–Crippen MR) is 127 cm³/mol. The SMILES string of the molecule is O=C(Nc1nc(-c2c[nH]c3ccccc23)cs1)c1ccc2c(c1)C(=O)N(Cc1ccco1)C2=O. The number of fused-ring (bicyclic) bond motifs is 2. The van der Waals surface area contributed by atoms with Crippen LogP contribution in [0.1, 0.15) is 36.8 Å². The lowest BCUT2D eigenvalue weighted by molar-refractivity contribution is 0.0631. The van der Waals surface area contributed by atoms with Gasteiger partial charge in [-0.1, -0.05) is 18.2 Å². The second-order valence-corrected chi connectivity index (χ2v) is 8.63. The number of carbonyl (C=O) groups is 3. The Morgan fingerprint density at radius 3 is 2.74 bits per heavy atom. The van der Waals surface area contributed by atoms with Gasteiger partial charge in [-0.2, -0.15) is 0 Å². The smallest absolute Gasteiger partial charge is 0.261 e. The summed E-state index contributed by atoms with van der Waals surface area (Å²) in [5.74, 6) is -0.775. The first kappa shape index (κ1) is 20.1. The minimum absolute atomic E-state index is 0.0383. The second kappa shape index (κ2) is 7.82. The first-order valence-electron chi connectivity index (χ1n) is 10.4. The summed E-state index contributed by atoms with van der Waals surface area (Å²) in [7, 11) is 0. The van der Waals surface area contributed by atoms with Crippen molar-refractivity contribution < 1.29 is 18.8 Å². The van der Waals surface area contributed by atoms with E-state index >= 15 is 0 Å². The third-order valence-electron chi connectivity index (χ3n) is 5.72. The average Bonchev–Trinajstić information content (AvgIpc) is 3.64. The summed E-state index contributed by atoms with van der Waals surface area (Å²) in [6.45, 7) is 0.0383. The molecule has 0 unspecified atom stereocenters. The highest BCUT2D eigenvalue weighted by molar-refractivity contribution is 7.14. The van der Waals surface area contributed by atoms with Gasteiger partial charge in [0.15, 0.2) is 5.13 Å². The molecule has 5 aromatic rings. The van der Waals surface area contributed by atoms with Gasteiger partial charge in [0.05, 0.1) is 29.6 Å². The summed E-state index contributed by atoms with van der Waals surface area (Å²) in [5.41, 5.74) is 3.44. The maximum atomic E-state index is 12.9. The summed E-state index contributed by atoms with van der Waals surface area (Å²) in [6, 6.07) is 15.8. The van der Waals surface area contributed by atoms with Crippen LogP contribution >= 0.6 is 11.3 Å². The number of aromatic nitrogens is 2. The maximum Gasteiger partial charge on any atom is 0.261 e. The van der Waals surface area contributed by atoms with Crippen molar-refractivity contribution >= 4 is 45.1 Å². The number of aromatic amines is 1. The molecule has 0 atom stereocenters. The predicted octanol–water partition coefficient (Wildman–Crippen LogP) is 4.93. The molecule has 1 aliphatic rings. The van der Waals surface area contributed by atoms with Gasteiger partial charge in [-0.3, -0.25) is 24.6 Å². The molecule has 8 nitrogen and oxygen atoms in total. The van der Waals surface area contributed by atoms with Crippen molar-refractivity contribution in [1.82, 2.24) is 14.9 Å². The van der Waals surface area contributed by atoms with Crippen LogP contribution in [0.2, 0.25) is 0 Å². The Morgan fingerprint density at radius 1 is 1.03 bits per heavy atom. The van der Waals surface area contributed by atoms with E-state index in [1.54, 1.807) is 12.1 Å². The molecular weight excluding hydrogens is 452 g/mol. The number of carbonyl (C=O) groups excluding carboxylic acids is 3. The Kier molecular flexibility index (Phi) is 4.63. The third-order valence-corrected chi connectivity index (χ3v) is 6.47. The average molecular weight is 468 g/mol. The van der Waals surface area contributed by atoms with E-state index in [0.717, 1.165) is 27.1 Å². The van der Waals surface area contributed by atoms with Crippen molar-refractivity contribution in [3.63, 3.8) is 0 Å². The number of imide groups is 1. The molecular formula is C25H16N4O4S. The number of amides is 3. The standard InChI is InChI=1S/C25H16N4O4S/c30-22(28-25-27-21(13-34-25)19-11-26-20-6-2-1-5-16(19)20)14-7-8-17-18(10-14)24(32)29(23(17)31)12-15-4-3-9-33-15/h1-11,13,26H,12H2,(H,27,28,30). The zero-order valence-corrected chi connectivity index (χ0v) is 18.4. The van der Waals surface area contributed by atoms with Crippen molar-refractivity contribution in [3.8, 4) is 11.3 Å². The van der Waals surface area contributed by atoms with Gasteiger partial charge in [0, 0.05) is 33.6 Å². The van der Waals surface area contributed by atoms with Crippen LogP contribution in [-0.2, 0) is 6.54 Å². The number of nitrogens with one attached hydrogen (secondary N) is 2. The summed E-state index contributed by atoms with van der Waals surface area (Å²) in [5, 5.41) is 6.15. The number of hydrogen-bond donors (Lipinski definition) is 2. The van der Waals surface area contributed by atoms with Crippen LogP contribution in [0, 0.1) is 0 Å². The van der Waals surface area contributed by atoms with E-state index in [-0.39, 0.29) is 23.2 Å². The molecule has 3 aromatic heterocycles. The fraction of sp³-hybridized carbons (Fsp3) is 0.0400. The fourth-order valence-corrected chi connectivity index (χ4v) is 4.75. The Morgan fingerprint density at radius 2 is 1.88 bits per heavy atom. The second-order valence-electron chi connectivity index (χ2n) is 7.78. The zero-order valence-electron chi connectivity index (χ0n) is 17.6. The minimum atomic E-state index is -0.457. The fourth-order valence-electron chi connectivity index (χ4n) is 4.04. The Bertz CT molecular complexity index is 1580. The van der Waals surface area contributed by atoms with Crippen molar-refractivity contribution in [2.75, 3.05) is 5.32 Å². The van der Waals surface area contributed by atoms with Gasteiger partial charge < -0.3 is 9.40 Å². The monoisotopic (exact) mass is 468 g/mol. The van der Waals surface area contributed by atoms with Crippen LogP contribution in [0.15, 0.2) is 76.9 Å². The van der Waals surface area contributed by atoms with E-state index in [9.17, 15) is 14.4 Å². The van der Waals surface area contributed by atoms with Gasteiger partial charge in [-0.15, -0.1) is 11.3 Å². The van der Waals surface area contributed by atoms with Crippen molar-refractivity contribution in [3.05, 3.63) is 94.9 Å². The van der Waals surface area contributed by atoms with E-state index in [1.165, 1.54) is 35.8 Å². The number of thiazole rings is 1. The number of nitrogens with zero attached hydrogens (tertiary/aromatic N) is 2. The van der Waals surface area contributed by atoms with E-state index in [4.69, 9.17) is 4.42 Å². The summed E-state index contributed by atoms with van der Waals surface area (Å²) in [6.07, 6.45) is 3.38. The number of hydrogen-bond acceptors (Lipinski definition) is 6. The van der Waals surface area contributed by atoms with Gasteiger partial charge in [0.25, 0.3) is 17.7 Å². The summed E-state index contributed by atoms with van der Waals surface area (Å²) in [4.78, 5) is 47.2. The molecule has 0 spiro atoms. The molecule has 6 rings (SSSR count). The molecule has 0 aliphatic carbocycles. The van der Waals surface area contributed by atoms with Gasteiger partial charge in [0.1, 0.15) is 5.76 Å². The number of para-hydroxylation sites is 1. The highest BCUT2D eigenvalue weighted by Crippen LogP contribution is 2.31. The van der Waals surface area contributed by atoms with Crippen molar-refractivity contribution in [2.45, 2.75) is 6.54 Å². The molecule has 34 heavy (non-hydrogen) atoms. The lowest BCUT2D eigenvalue weighted by atomic mass is 10.1. The minimum Gasteiger partial charge on any atom is -0.467 e. The molecule has 1 aliphatic heterocycles. The van der Waals surface area contributed by atoms with Gasteiger partial charge in [-0.05, 0) is 36.4 Å². The molecule has 4 heterocycles. The topological polar surface area (TPSA) is 108 Å². The number of rotatable bonds is 5. The molecule has 0 saturated heterocycles. The number of furan rings is 1. The molecule has 0 fully saturated rings. The number of H-pyrrole nitrogens is 1. The van der Waals surface area contributed by atoms with Crippen LogP contribution < -0.4 is 5.32 Å². The Hall–Kier alpha value is -4.50. The molecule has 0 radical (unpaired) electrons. The molecule has 0 saturated carbocycles. The van der Waals surface area contributed by atoms with E-state index in [1.807, 2.05) is 35.8 Å². The lowest BCUT2D eigenvalue weighted by Crippen LogP contribution is -2.28. The molecule has 2 aromatic carbocycles. The Labute approximate surface area is 196 Å². The molecule has 166 valence electrons. The van der Waals surface area contributed by atoms with Gasteiger partial charge in [-0.25, -0.2) is 4.98 Å². The normalized spacial score (nSPS) is 13.0. The van der Waals surface area contributed by atoms with E-state index in [2.05, 4.69) is 15.3 Å². The zero-order chi connectivity index (χ0) is 23.2. The first-order valence-corrected chi connectivity index (χ1v) is 11.3. The highest BCUT2D eigenvalue weighted by Gasteiger charge is 2.36. The van der Waals surface area contributed by atoms with Gasteiger partial charge >= 0.3 is 0 Å². The van der Waals surface area contributed by atoms with Crippen molar-refractivity contribution in [2.24, 2.45) is 0 Å². The lowest BCUT2D eigenvalue weighted by Gasteiger charge is -2.11. The molecule has 9 heteroatoms. The van der Waals surface area contributed by atoms with Crippen molar-refractivity contribution in [1.29, 1.82) is 0 Å². The van der Waals surface area contributed by atoms with Crippen LogP contribution in [0.5, 0.6) is 0 Å². The molecule has 0 bridgehead atoms. The van der Waals surface area contributed by atoms with E-state index in [0.29, 0.717) is 10.9 Å². The number of anilines is 1. The van der Waals surface area contributed by atoms with Crippen LogP contribution in [0.4, 0.5) is 5.13 Å². The summed E-state index contributed by atoms with van der Waals surface area (Å²) < 4.78 is 5.25. The maximum absolute atomic E-state index is 12.9. The number of benzene rings is 2. The quantitative estimate of drug-likeness (QED) is 0.356. The van der Waals surface area contributed by atoms with Crippen LogP contribution in [0.25, 0.3) is 22.2 Å². The molecule has 2 N–H and O–H groups in total. The van der Waals surface area contributed by atoms with E-state index < -0.39 is 17.7 Å². The first-order chi connectivity index (χ1) is 16.6. The van der Waals surface area contributed by atoms with Crippen LogP contribution in [-0.4, -0.2) is 32.6 Å². The third kappa shape index (κ3) is 3.30. The van der Waals surface area contributed by atoms with Gasteiger partial charge in [0.2, 0.25) is 0 Å².